The number of aromatic nitrogens is 2. The smallest absolute Gasteiger partial charge is 0.238 e. The maximum atomic E-state index is 12.4. The van der Waals surface area contributed by atoms with E-state index in [9.17, 15) is 9.90 Å². The first-order valence-electron chi connectivity index (χ1n) is 11.7. The van der Waals surface area contributed by atoms with Gasteiger partial charge in [-0.15, -0.1) is 0 Å². The Morgan fingerprint density at radius 2 is 1.86 bits per heavy atom. The molecule has 1 aliphatic heterocycles. The third kappa shape index (κ3) is 6.46. The van der Waals surface area contributed by atoms with Gasteiger partial charge in [-0.3, -0.25) is 14.7 Å². The van der Waals surface area contributed by atoms with Gasteiger partial charge in [-0.2, -0.15) is 0 Å². The first kappa shape index (κ1) is 24.4. The summed E-state index contributed by atoms with van der Waals surface area (Å²) in [6, 6.07) is 12.9. The number of aromatic hydroxyl groups is 1. The van der Waals surface area contributed by atoms with Crippen molar-refractivity contribution in [3.05, 3.63) is 60.4 Å². The van der Waals surface area contributed by atoms with Crippen LogP contribution in [-0.2, 0) is 4.79 Å². The second kappa shape index (κ2) is 11.2. The van der Waals surface area contributed by atoms with Gasteiger partial charge >= 0.3 is 0 Å². The average molecular weight is 477 g/mol. The van der Waals surface area contributed by atoms with E-state index in [4.69, 9.17) is 4.74 Å². The van der Waals surface area contributed by atoms with E-state index >= 15 is 0 Å². The third-order valence-electron chi connectivity index (χ3n) is 6.13. The summed E-state index contributed by atoms with van der Waals surface area (Å²) in [6.45, 7) is 6.26. The van der Waals surface area contributed by atoms with E-state index in [2.05, 4.69) is 37.4 Å². The second-order valence-corrected chi connectivity index (χ2v) is 8.79. The van der Waals surface area contributed by atoms with E-state index in [1.807, 2.05) is 31.2 Å². The van der Waals surface area contributed by atoms with E-state index in [0.29, 0.717) is 23.8 Å². The number of rotatable bonds is 8. The number of anilines is 2. The predicted molar refractivity (Wildman–Crippen MR) is 137 cm³/mol. The lowest BCUT2D eigenvalue weighted by atomic mass is 10.1. The van der Waals surface area contributed by atoms with Gasteiger partial charge in [0, 0.05) is 43.5 Å². The Kier molecular flexibility index (Phi) is 7.79. The van der Waals surface area contributed by atoms with Crippen LogP contribution >= 0.6 is 0 Å². The normalized spacial score (nSPS) is 15.4. The van der Waals surface area contributed by atoms with Gasteiger partial charge in [0.25, 0.3) is 0 Å². The number of phenols is 1. The standard InChI is InChI=1S/C26H32N6O3/c1-18(28-25-16-27-15-22(30-25)20-6-9-23(33)24(14-20)35-3)19-4-7-21(8-5-19)29-26(34)17-32-12-10-31(2)11-13-32/h4-9,14-16,18,33H,10-13,17H2,1-3H3,(H,28,30)(H,29,34). The van der Waals surface area contributed by atoms with Crippen molar-refractivity contribution in [3.63, 3.8) is 0 Å². The molecule has 4 rings (SSSR count). The molecule has 1 amide bonds. The summed E-state index contributed by atoms with van der Waals surface area (Å²) in [7, 11) is 3.61. The van der Waals surface area contributed by atoms with Crippen molar-refractivity contribution in [1.82, 2.24) is 19.8 Å². The molecule has 0 radical (unpaired) electrons. The molecule has 0 spiro atoms. The maximum absolute atomic E-state index is 12.4. The van der Waals surface area contributed by atoms with Gasteiger partial charge in [0.05, 0.1) is 31.7 Å². The number of hydrogen-bond acceptors (Lipinski definition) is 8. The fourth-order valence-corrected chi connectivity index (χ4v) is 3.98. The second-order valence-electron chi connectivity index (χ2n) is 8.79. The molecule has 9 heteroatoms. The van der Waals surface area contributed by atoms with Crippen LogP contribution in [0.4, 0.5) is 11.5 Å². The van der Waals surface area contributed by atoms with Gasteiger partial charge in [-0.25, -0.2) is 4.98 Å². The Morgan fingerprint density at radius 3 is 2.57 bits per heavy atom. The molecular weight excluding hydrogens is 444 g/mol. The van der Waals surface area contributed by atoms with Crippen molar-refractivity contribution in [1.29, 1.82) is 0 Å². The van der Waals surface area contributed by atoms with Crippen molar-refractivity contribution in [2.75, 3.05) is 57.5 Å². The summed E-state index contributed by atoms with van der Waals surface area (Å²) in [5, 5.41) is 16.2. The number of nitrogens with zero attached hydrogens (tertiary/aromatic N) is 4. The number of carbonyl (C=O) groups excluding carboxylic acids is 1. The highest BCUT2D eigenvalue weighted by Gasteiger charge is 2.17. The highest BCUT2D eigenvalue weighted by molar-refractivity contribution is 5.92. The van der Waals surface area contributed by atoms with E-state index < -0.39 is 0 Å². The van der Waals surface area contributed by atoms with Crippen LogP contribution < -0.4 is 15.4 Å². The minimum absolute atomic E-state index is 0.00595. The molecule has 1 aromatic heterocycles. The van der Waals surface area contributed by atoms with E-state index in [0.717, 1.165) is 43.0 Å². The largest absolute Gasteiger partial charge is 0.504 e. The number of phenolic OH excluding ortho intramolecular Hbond substituents is 1. The zero-order valence-electron chi connectivity index (χ0n) is 20.4. The molecule has 0 saturated carbocycles. The van der Waals surface area contributed by atoms with Crippen LogP contribution in [0.15, 0.2) is 54.9 Å². The number of hydrogen-bond donors (Lipinski definition) is 3. The third-order valence-corrected chi connectivity index (χ3v) is 6.13. The molecule has 184 valence electrons. The fourth-order valence-electron chi connectivity index (χ4n) is 3.98. The highest BCUT2D eigenvalue weighted by atomic mass is 16.5. The zero-order chi connectivity index (χ0) is 24.8. The molecule has 2 heterocycles. The molecule has 1 unspecified atom stereocenters. The molecule has 1 saturated heterocycles. The van der Waals surface area contributed by atoms with E-state index in [1.54, 1.807) is 30.6 Å². The van der Waals surface area contributed by atoms with E-state index in [-0.39, 0.29) is 17.7 Å². The van der Waals surface area contributed by atoms with Crippen LogP contribution in [0.25, 0.3) is 11.3 Å². The first-order valence-corrected chi connectivity index (χ1v) is 11.7. The van der Waals surface area contributed by atoms with Gasteiger partial charge in [-0.1, -0.05) is 12.1 Å². The molecule has 1 atom stereocenters. The highest BCUT2D eigenvalue weighted by Crippen LogP contribution is 2.31. The summed E-state index contributed by atoms with van der Waals surface area (Å²) in [6.07, 6.45) is 3.34. The quantitative estimate of drug-likeness (QED) is 0.456. The summed E-state index contributed by atoms with van der Waals surface area (Å²) in [4.78, 5) is 25.8. The topological polar surface area (TPSA) is 103 Å². The van der Waals surface area contributed by atoms with Gasteiger partial charge in [0.15, 0.2) is 11.5 Å². The Hall–Kier alpha value is -3.69. The van der Waals surface area contributed by atoms with Crippen molar-refractivity contribution >= 4 is 17.4 Å². The number of likely N-dealkylation sites (N-methyl/N-ethyl adjacent to an activating group) is 1. The lowest BCUT2D eigenvalue weighted by Gasteiger charge is -2.31. The number of methoxy groups -OCH3 is 1. The lowest BCUT2D eigenvalue weighted by molar-refractivity contribution is -0.117. The molecule has 35 heavy (non-hydrogen) atoms. The fraction of sp³-hybridized carbons (Fsp3) is 0.346. The van der Waals surface area contributed by atoms with Crippen LogP contribution in [0.2, 0.25) is 0 Å². The summed E-state index contributed by atoms with van der Waals surface area (Å²) >= 11 is 0. The Bertz CT molecular complexity index is 1150. The van der Waals surface area contributed by atoms with Crippen molar-refractivity contribution < 1.29 is 14.6 Å². The average Bonchev–Trinajstić information content (AvgIpc) is 2.86. The molecule has 0 bridgehead atoms. The van der Waals surface area contributed by atoms with Gasteiger partial charge < -0.3 is 25.4 Å². The molecule has 1 fully saturated rings. The minimum Gasteiger partial charge on any atom is -0.504 e. The summed E-state index contributed by atoms with van der Waals surface area (Å²) in [5.41, 5.74) is 3.29. The van der Waals surface area contributed by atoms with Gasteiger partial charge in [0.1, 0.15) is 5.82 Å². The van der Waals surface area contributed by atoms with Crippen molar-refractivity contribution in [2.24, 2.45) is 0 Å². The monoisotopic (exact) mass is 476 g/mol. The van der Waals surface area contributed by atoms with Gasteiger partial charge in [-0.05, 0) is 49.9 Å². The Balaban J connectivity index is 1.35. The Labute approximate surface area is 205 Å². The van der Waals surface area contributed by atoms with Crippen molar-refractivity contribution in [2.45, 2.75) is 13.0 Å². The molecule has 9 nitrogen and oxygen atoms in total. The SMILES string of the molecule is COc1cc(-c2cncc(NC(C)c3ccc(NC(=O)CN4CCN(C)CC4)cc3)n2)ccc1O. The van der Waals surface area contributed by atoms with Crippen LogP contribution in [0, 0.1) is 0 Å². The molecule has 3 N–H and O–H groups in total. The molecule has 3 aromatic rings. The maximum Gasteiger partial charge on any atom is 0.238 e. The number of nitrogens with one attached hydrogen (secondary N) is 2. The van der Waals surface area contributed by atoms with Crippen molar-refractivity contribution in [3.8, 4) is 22.8 Å². The minimum atomic E-state index is -0.0241. The number of carbonyl (C=O) groups is 1. The number of amides is 1. The van der Waals surface area contributed by atoms with Gasteiger partial charge in [0.2, 0.25) is 5.91 Å². The van der Waals surface area contributed by atoms with E-state index in [1.165, 1.54) is 7.11 Å². The van der Waals surface area contributed by atoms with Crippen LogP contribution in [0.3, 0.4) is 0 Å². The summed E-state index contributed by atoms with van der Waals surface area (Å²) < 4.78 is 5.19. The number of piperazine rings is 1. The zero-order valence-corrected chi connectivity index (χ0v) is 20.4. The molecule has 0 aliphatic carbocycles. The predicted octanol–water partition coefficient (Wildman–Crippen LogP) is 3.22. The van der Waals surface area contributed by atoms with Crippen LogP contribution in [0.5, 0.6) is 11.5 Å². The van der Waals surface area contributed by atoms with Crippen LogP contribution in [0.1, 0.15) is 18.5 Å². The Morgan fingerprint density at radius 1 is 1.11 bits per heavy atom. The summed E-state index contributed by atoms with van der Waals surface area (Å²) in [5.74, 6) is 1.09. The lowest BCUT2D eigenvalue weighted by Crippen LogP contribution is -2.47. The van der Waals surface area contributed by atoms with Crippen LogP contribution in [-0.4, -0.2) is 77.7 Å². The molecule has 2 aromatic carbocycles. The molecule has 1 aliphatic rings. The first-order chi connectivity index (χ1) is 16.9. The number of benzene rings is 2. The number of ether oxygens (including phenoxy) is 1. The molecular formula is C26H32N6O3.